The molecular formula is C26H24N2O4. The van der Waals surface area contributed by atoms with Gasteiger partial charge in [0.25, 0.3) is 5.78 Å². The van der Waals surface area contributed by atoms with Crippen LogP contribution in [0, 0.1) is 0 Å². The smallest absolute Gasteiger partial charge is 0.377 e. The zero-order valence-electron chi connectivity index (χ0n) is 17.5. The van der Waals surface area contributed by atoms with Crippen molar-refractivity contribution in [1.82, 2.24) is 0 Å². The normalized spacial score (nSPS) is 15.9. The third-order valence-corrected chi connectivity index (χ3v) is 6.01. The first kappa shape index (κ1) is 21.3. The van der Waals surface area contributed by atoms with E-state index in [0.29, 0.717) is 18.4 Å². The minimum absolute atomic E-state index is 0.189. The molecule has 0 heterocycles. The molecule has 0 saturated carbocycles. The molecule has 1 aliphatic rings. The number of nitrogens with zero attached hydrogens (tertiary/aromatic N) is 1. The average Bonchev–Trinajstić information content (AvgIpc) is 2.82. The highest BCUT2D eigenvalue weighted by Crippen LogP contribution is 2.41. The molecule has 3 aromatic rings. The lowest BCUT2D eigenvalue weighted by Crippen LogP contribution is -2.47. The molecule has 0 spiro atoms. The summed E-state index contributed by atoms with van der Waals surface area (Å²) >= 11 is 0. The molecule has 1 aliphatic carbocycles. The third-order valence-electron chi connectivity index (χ3n) is 6.01. The quantitative estimate of drug-likeness (QED) is 0.436. The van der Waals surface area contributed by atoms with Crippen LogP contribution in [0.1, 0.15) is 40.2 Å². The zero-order valence-corrected chi connectivity index (χ0v) is 17.5. The molecule has 4 rings (SSSR count). The van der Waals surface area contributed by atoms with Crippen LogP contribution in [0.3, 0.4) is 0 Å². The fourth-order valence-electron chi connectivity index (χ4n) is 4.69. The van der Waals surface area contributed by atoms with Gasteiger partial charge in [-0.1, -0.05) is 54.6 Å². The van der Waals surface area contributed by atoms with E-state index >= 15 is 0 Å². The Hall–Kier alpha value is -3.93. The van der Waals surface area contributed by atoms with Crippen molar-refractivity contribution >= 4 is 29.0 Å². The lowest BCUT2D eigenvalue weighted by Gasteiger charge is -2.39. The minimum atomic E-state index is -1.48. The SMILES string of the molecule is NC(=O)C(C1CCCc2c(C(=O)C(=O)O)cccc21)N(c1ccccc1)c1ccccc1. The molecule has 1 amide bonds. The Balaban J connectivity index is 1.87. The van der Waals surface area contributed by atoms with Gasteiger partial charge in [0.2, 0.25) is 5.91 Å². The number of Topliss-reactive ketones (excluding diaryl/α,β-unsaturated/α-hetero) is 1. The topological polar surface area (TPSA) is 101 Å². The number of hydrogen-bond acceptors (Lipinski definition) is 4. The molecule has 0 aliphatic heterocycles. The van der Waals surface area contributed by atoms with Gasteiger partial charge in [-0.2, -0.15) is 0 Å². The summed E-state index contributed by atoms with van der Waals surface area (Å²) in [4.78, 5) is 38.5. The summed E-state index contributed by atoms with van der Waals surface area (Å²) in [5.41, 5.74) is 9.35. The second-order valence-electron chi connectivity index (χ2n) is 7.89. The van der Waals surface area contributed by atoms with E-state index in [1.165, 1.54) is 0 Å². The van der Waals surface area contributed by atoms with Crippen LogP contribution in [0.4, 0.5) is 11.4 Å². The van der Waals surface area contributed by atoms with E-state index in [4.69, 9.17) is 5.73 Å². The van der Waals surface area contributed by atoms with Gasteiger partial charge in [0, 0.05) is 22.9 Å². The van der Waals surface area contributed by atoms with E-state index in [9.17, 15) is 19.5 Å². The molecule has 0 saturated heterocycles. The Morgan fingerprint density at radius 1 is 0.875 bits per heavy atom. The van der Waals surface area contributed by atoms with Crippen molar-refractivity contribution in [2.24, 2.45) is 5.73 Å². The van der Waals surface area contributed by atoms with E-state index < -0.39 is 23.7 Å². The lowest BCUT2D eigenvalue weighted by atomic mass is 9.75. The Morgan fingerprint density at radius 2 is 1.47 bits per heavy atom. The van der Waals surface area contributed by atoms with Gasteiger partial charge in [0.1, 0.15) is 6.04 Å². The van der Waals surface area contributed by atoms with Crippen LogP contribution in [0.5, 0.6) is 0 Å². The van der Waals surface area contributed by atoms with E-state index in [0.717, 1.165) is 23.4 Å². The molecule has 32 heavy (non-hydrogen) atoms. The summed E-state index contributed by atoms with van der Waals surface area (Å²) in [6.07, 6.45) is 2.01. The second-order valence-corrected chi connectivity index (χ2v) is 7.89. The van der Waals surface area contributed by atoms with Crippen molar-refractivity contribution in [2.75, 3.05) is 4.90 Å². The van der Waals surface area contributed by atoms with Gasteiger partial charge in [-0.3, -0.25) is 9.59 Å². The van der Waals surface area contributed by atoms with Crippen LogP contribution in [0.15, 0.2) is 78.9 Å². The molecule has 6 nitrogen and oxygen atoms in total. The number of aliphatic carboxylic acids is 1. The average molecular weight is 428 g/mol. The molecule has 2 atom stereocenters. The molecule has 3 N–H and O–H groups in total. The van der Waals surface area contributed by atoms with Gasteiger partial charge < -0.3 is 15.7 Å². The second kappa shape index (κ2) is 9.06. The van der Waals surface area contributed by atoms with Gasteiger partial charge in [-0.15, -0.1) is 0 Å². The summed E-state index contributed by atoms with van der Waals surface area (Å²) in [5, 5.41) is 9.25. The lowest BCUT2D eigenvalue weighted by molar-refractivity contribution is -0.131. The summed E-state index contributed by atoms with van der Waals surface area (Å²) in [6, 6.07) is 23.5. The number of anilines is 2. The van der Waals surface area contributed by atoms with Gasteiger partial charge in [-0.25, -0.2) is 4.79 Å². The number of hydrogen-bond donors (Lipinski definition) is 2. The van der Waals surface area contributed by atoms with Crippen LogP contribution < -0.4 is 10.6 Å². The summed E-state index contributed by atoms with van der Waals surface area (Å²) in [5.74, 6) is -3.19. The standard InChI is InChI=1S/C26H24N2O4/c27-25(30)23(28(17-9-3-1-4-10-17)18-11-5-2-6-12-18)21-15-7-14-20-19(21)13-8-16-22(20)24(29)26(31)32/h1-6,8-13,16,21,23H,7,14-15H2,(H2,27,30)(H,31,32). The minimum Gasteiger partial charge on any atom is -0.475 e. The third kappa shape index (κ3) is 3.99. The molecule has 0 fully saturated rings. The summed E-state index contributed by atoms with van der Waals surface area (Å²) in [7, 11) is 0. The van der Waals surface area contributed by atoms with Gasteiger partial charge in [-0.05, 0) is 54.7 Å². The number of carboxylic acids is 1. The van der Waals surface area contributed by atoms with Gasteiger partial charge in [0.15, 0.2) is 0 Å². The van der Waals surface area contributed by atoms with Crippen molar-refractivity contribution in [3.05, 3.63) is 95.6 Å². The van der Waals surface area contributed by atoms with Crippen LogP contribution >= 0.6 is 0 Å². The number of primary amides is 1. The van der Waals surface area contributed by atoms with Crippen molar-refractivity contribution < 1.29 is 19.5 Å². The number of carbonyl (C=O) groups excluding carboxylic acids is 2. The van der Waals surface area contributed by atoms with E-state index in [1.807, 2.05) is 71.6 Å². The fourth-order valence-corrected chi connectivity index (χ4v) is 4.69. The van der Waals surface area contributed by atoms with E-state index in [1.54, 1.807) is 12.1 Å². The Labute approximate surface area is 186 Å². The maximum Gasteiger partial charge on any atom is 0.377 e. The molecule has 6 heteroatoms. The molecule has 0 bridgehead atoms. The van der Waals surface area contributed by atoms with Crippen LogP contribution in [-0.4, -0.2) is 28.8 Å². The predicted molar refractivity (Wildman–Crippen MR) is 122 cm³/mol. The number of amides is 1. The molecule has 0 radical (unpaired) electrons. The van der Waals surface area contributed by atoms with Crippen molar-refractivity contribution in [3.63, 3.8) is 0 Å². The number of nitrogens with two attached hydrogens (primary N) is 1. The van der Waals surface area contributed by atoms with E-state index in [2.05, 4.69) is 0 Å². The van der Waals surface area contributed by atoms with Crippen molar-refractivity contribution in [1.29, 1.82) is 0 Å². The zero-order chi connectivity index (χ0) is 22.7. The number of benzene rings is 3. The number of rotatable bonds is 7. The van der Waals surface area contributed by atoms with Crippen LogP contribution in [0.25, 0.3) is 0 Å². The monoisotopic (exact) mass is 428 g/mol. The van der Waals surface area contributed by atoms with Crippen LogP contribution in [-0.2, 0) is 16.0 Å². The first-order valence-electron chi connectivity index (χ1n) is 10.6. The number of ketones is 1. The first-order valence-corrected chi connectivity index (χ1v) is 10.6. The Bertz CT molecular complexity index is 1110. The van der Waals surface area contributed by atoms with Gasteiger partial charge >= 0.3 is 5.97 Å². The summed E-state index contributed by atoms with van der Waals surface area (Å²) in [6.45, 7) is 0. The highest BCUT2D eigenvalue weighted by molar-refractivity contribution is 6.40. The van der Waals surface area contributed by atoms with Crippen molar-refractivity contribution in [2.45, 2.75) is 31.2 Å². The highest BCUT2D eigenvalue weighted by Gasteiger charge is 2.38. The molecular weight excluding hydrogens is 404 g/mol. The number of fused-ring (bicyclic) bond motifs is 1. The predicted octanol–water partition coefficient (Wildman–Crippen LogP) is 4.07. The maximum absolute atomic E-state index is 12.9. The fraction of sp³-hybridized carbons (Fsp3) is 0.192. The maximum atomic E-state index is 12.9. The van der Waals surface area contributed by atoms with Crippen LogP contribution in [0.2, 0.25) is 0 Å². The molecule has 162 valence electrons. The molecule has 3 aromatic carbocycles. The number of carbonyl (C=O) groups is 3. The first-order chi connectivity index (χ1) is 15.5. The highest BCUT2D eigenvalue weighted by atomic mass is 16.4. The summed E-state index contributed by atoms with van der Waals surface area (Å²) < 4.78 is 0. The Kier molecular flexibility index (Phi) is 6.03. The van der Waals surface area contributed by atoms with Crippen molar-refractivity contribution in [3.8, 4) is 0 Å². The Morgan fingerprint density at radius 3 is 2.00 bits per heavy atom. The number of carboxylic acid groups (broad SMARTS) is 1. The van der Waals surface area contributed by atoms with Gasteiger partial charge in [0.05, 0.1) is 0 Å². The van der Waals surface area contributed by atoms with E-state index in [-0.39, 0.29) is 11.5 Å². The number of para-hydroxylation sites is 2. The molecule has 0 aromatic heterocycles. The largest absolute Gasteiger partial charge is 0.475 e. The molecule has 2 unspecified atom stereocenters.